The van der Waals surface area contributed by atoms with Gasteiger partial charge in [0.15, 0.2) is 12.2 Å². The second-order valence-corrected chi connectivity index (χ2v) is 9.13. The highest BCUT2D eigenvalue weighted by Gasteiger charge is 2.15. The van der Waals surface area contributed by atoms with Gasteiger partial charge in [0, 0.05) is 11.3 Å². The maximum atomic E-state index is 12.4. The summed E-state index contributed by atoms with van der Waals surface area (Å²) in [7, 11) is 0. The molecule has 0 fully saturated rings. The van der Waals surface area contributed by atoms with Gasteiger partial charge in [0.25, 0.3) is 5.91 Å². The number of oxazole rings is 1. The molecule has 0 unspecified atom stereocenters. The van der Waals surface area contributed by atoms with E-state index in [1.54, 1.807) is 12.1 Å². The SMILES string of the molecule is Cc1ccc(OCC(=O)Nc2ccc3oc(-c4ccc(C(C)(C)C)cc4)nc3c2)c(C)c1. The van der Waals surface area contributed by atoms with Crippen LogP contribution in [-0.4, -0.2) is 17.5 Å². The summed E-state index contributed by atoms with van der Waals surface area (Å²) in [6.45, 7) is 10.5. The van der Waals surface area contributed by atoms with Crippen molar-refractivity contribution in [2.24, 2.45) is 0 Å². The third-order valence-corrected chi connectivity index (χ3v) is 5.36. The van der Waals surface area contributed by atoms with Crippen molar-refractivity contribution in [2.45, 2.75) is 40.0 Å². The molecule has 1 aromatic heterocycles. The van der Waals surface area contributed by atoms with Crippen molar-refractivity contribution in [2.75, 3.05) is 11.9 Å². The van der Waals surface area contributed by atoms with E-state index < -0.39 is 0 Å². The molecule has 32 heavy (non-hydrogen) atoms. The van der Waals surface area contributed by atoms with Crippen molar-refractivity contribution in [3.63, 3.8) is 0 Å². The minimum atomic E-state index is -0.231. The third kappa shape index (κ3) is 4.83. The number of rotatable bonds is 5. The first-order valence-electron chi connectivity index (χ1n) is 10.7. The van der Waals surface area contributed by atoms with Crippen molar-refractivity contribution in [1.29, 1.82) is 0 Å². The van der Waals surface area contributed by atoms with Crippen LogP contribution in [0.25, 0.3) is 22.6 Å². The molecule has 3 aromatic carbocycles. The molecule has 5 heteroatoms. The molecule has 0 saturated carbocycles. The molecule has 1 amide bonds. The number of fused-ring (bicyclic) bond motifs is 1. The van der Waals surface area contributed by atoms with Gasteiger partial charge in [0.05, 0.1) is 0 Å². The Labute approximate surface area is 188 Å². The van der Waals surface area contributed by atoms with Crippen LogP contribution in [-0.2, 0) is 10.2 Å². The topological polar surface area (TPSA) is 64.4 Å². The number of carbonyl (C=O) groups is 1. The summed E-state index contributed by atoms with van der Waals surface area (Å²) in [6.07, 6.45) is 0. The van der Waals surface area contributed by atoms with Crippen LogP contribution in [0.3, 0.4) is 0 Å². The molecule has 1 N–H and O–H groups in total. The maximum Gasteiger partial charge on any atom is 0.262 e. The molecule has 164 valence electrons. The number of carbonyl (C=O) groups excluding carboxylic acids is 1. The third-order valence-electron chi connectivity index (χ3n) is 5.36. The summed E-state index contributed by atoms with van der Waals surface area (Å²) < 4.78 is 11.6. The number of ether oxygens (including phenoxy) is 1. The van der Waals surface area contributed by atoms with Crippen molar-refractivity contribution < 1.29 is 13.9 Å². The number of aromatic nitrogens is 1. The minimum absolute atomic E-state index is 0.0634. The number of hydrogen-bond acceptors (Lipinski definition) is 4. The molecule has 0 aliphatic carbocycles. The normalized spacial score (nSPS) is 11.5. The summed E-state index contributed by atoms with van der Waals surface area (Å²) in [4.78, 5) is 17.0. The number of amides is 1. The maximum absolute atomic E-state index is 12.4. The van der Waals surface area contributed by atoms with E-state index in [4.69, 9.17) is 9.15 Å². The van der Waals surface area contributed by atoms with Crippen molar-refractivity contribution in [3.8, 4) is 17.2 Å². The predicted octanol–water partition coefficient (Wildman–Crippen LogP) is 6.43. The molecule has 4 aromatic rings. The van der Waals surface area contributed by atoms with Crippen molar-refractivity contribution in [1.82, 2.24) is 4.98 Å². The molecule has 1 heterocycles. The van der Waals surface area contributed by atoms with Crippen LogP contribution in [0.15, 0.2) is 65.1 Å². The van der Waals surface area contributed by atoms with Gasteiger partial charge in [-0.2, -0.15) is 0 Å². The minimum Gasteiger partial charge on any atom is -0.483 e. The Morgan fingerprint density at radius 2 is 1.75 bits per heavy atom. The van der Waals surface area contributed by atoms with Crippen LogP contribution in [0.4, 0.5) is 5.69 Å². The zero-order valence-corrected chi connectivity index (χ0v) is 19.2. The van der Waals surface area contributed by atoms with Gasteiger partial charge in [-0.15, -0.1) is 0 Å². The molecule has 0 radical (unpaired) electrons. The predicted molar refractivity (Wildman–Crippen MR) is 128 cm³/mol. The van der Waals surface area contributed by atoms with E-state index in [0.29, 0.717) is 28.4 Å². The van der Waals surface area contributed by atoms with Gasteiger partial charge in [-0.3, -0.25) is 4.79 Å². The molecule has 0 aliphatic rings. The summed E-state index contributed by atoms with van der Waals surface area (Å²) in [6, 6.07) is 19.6. The molecule has 0 aliphatic heterocycles. The highest BCUT2D eigenvalue weighted by Crippen LogP contribution is 2.29. The van der Waals surface area contributed by atoms with Crippen LogP contribution in [0.2, 0.25) is 0 Å². The lowest BCUT2D eigenvalue weighted by Crippen LogP contribution is -2.20. The van der Waals surface area contributed by atoms with Gasteiger partial charge >= 0.3 is 0 Å². The fourth-order valence-corrected chi connectivity index (χ4v) is 3.54. The first-order chi connectivity index (χ1) is 15.2. The fraction of sp³-hybridized carbons (Fsp3) is 0.259. The van der Waals surface area contributed by atoms with Gasteiger partial charge in [0.2, 0.25) is 5.89 Å². The average molecular weight is 429 g/mol. The number of nitrogens with one attached hydrogen (secondary N) is 1. The molecule has 0 spiro atoms. The van der Waals surface area contributed by atoms with Gasteiger partial charge in [-0.1, -0.05) is 50.6 Å². The number of aryl methyl sites for hydroxylation is 2. The summed E-state index contributed by atoms with van der Waals surface area (Å²) in [5.41, 5.74) is 6.43. The van der Waals surface area contributed by atoms with Crippen molar-refractivity contribution >= 4 is 22.7 Å². The van der Waals surface area contributed by atoms with E-state index in [9.17, 15) is 4.79 Å². The van der Waals surface area contributed by atoms with Crippen LogP contribution in [0.1, 0.15) is 37.5 Å². The second-order valence-electron chi connectivity index (χ2n) is 9.13. The van der Waals surface area contributed by atoms with Gasteiger partial charge in [0.1, 0.15) is 11.3 Å². The number of anilines is 1. The van der Waals surface area contributed by atoms with E-state index in [0.717, 1.165) is 16.7 Å². The number of nitrogens with zero attached hydrogens (tertiary/aromatic N) is 1. The van der Waals surface area contributed by atoms with Crippen LogP contribution >= 0.6 is 0 Å². The highest BCUT2D eigenvalue weighted by atomic mass is 16.5. The molecule has 0 bridgehead atoms. The number of benzene rings is 3. The summed E-state index contributed by atoms with van der Waals surface area (Å²) in [5.74, 6) is 1.03. The molecule has 0 atom stereocenters. The molecule has 5 nitrogen and oxygen atoms in total. The van der Waals surface area contributed by atoms with Gasteiger partial charge in [-0.25, -0.2) is 4.98 Å². The Balaban J connectivity index is 1.45. The van der Waals surface area contributed by atoms with E-state index in [1.165, 1.54) is 5.56 Å². The lowest BCUT2D eigenvalue weighted by atomic mass is 9.87. The first kappa shape index (κ1) is 21.6. The molecular weight excluding hydrogens is 400 g/mol. The van der Waals surface area contributed by atoms with Crippen LogP contribution in [0, 0.1) is 13.8 Å². The zero-order valence-electron chi connectivity index (χ0n) is 19.2. The van der Waals surface area contributed by atoms with E-state index in [-0.39, 0.29) is 17.9 Å². The Morgan fingerprint density at radius 1 is 1.00 bits per heavy atom. The fourth-order valence-electron chi connectivity index (χ4n) is 3.54. The quantitative estimate of drug-likeness (QED) is 0.398. The van der Waals surface area contributed by atoms with Gasteiger partial charge in [-0.05, 0) is 66.8 Å². The lowest BCUT2D eigenvalue weighted by Gasteiger charge is -2.18. The largest absolute Gasteiger partial charge is 0.483 e. The Bertz CT molecular complexity index is 1260. The molecular formula is C27H28N2O3. The first-order valence-corrected chi connectivity index (χ1v) is 10.7. The molecule has 0 saturated heterocycles. The van der Waals surface area contributed by atoms with E-state index in [2.05, 4.69) is 43.2 Å². The Kier molecular flexibility index (Phi) is 5.74. The second kappa shape index (κ2) is 8.50. The summed E-state index contributed by atoms with van der Waals surface area (Å²) in [5, 5.41) is 2.86. The van der Waals surface area contributed by atoms with E-state index in [1.807, 2.05) is 50.2 Å². The Morgan fingerprint density at radius 3 is 2.44 bits per heavy atom. The van der Waals surface area contributed by atoms with Crippen LogP contribution < -0.4 is 10.1 Å². The lowest BCUT2D eigenvalue weighted by molar-refractivity contribution is -0.118. The van der Waals surface area contributed by atoms with Crippen LogP contribution in [0.5, 0.6) is 5.75 Å². The average Bonchev–Trinajstić information content (AvgIpc) is 3.16. The van der Waals surface area contributed by atoms with Crippen molar-refractivity contribution in [3.05, 3.63) is 77.4 Å². The smallest absolute Gasteiger partial charge is 0.262 e. The highest BCUT2D eigenvalue weighted by molar-refractivity contribution is 5.94. The van der Waals surface area contributed by atoms with E-state index >= 15 is 0 Å². The summed E-state index contributed by atoms with van der Waals surface area (Å²) >= 11 is 0. The number of hydrogen-bond donors (Lipinski definition) is 1. The Hall–Kier alpha value is -3.60. The zero-order chi connectivity index (χ0) is 22.9. The monoisotopic (exact) mass is 428 g/mol. The standard InChI is InChI=1S/C27H28N2O3/c1-17-6-12-23(18(2)14-17)31-16-25(30)28-21-11-13-24-22(15-21)29-26(32-24)19-7-9-20(10-8-19)27(3,4)5/h6-15H,16H2,1-5H3,(H,28,30). The van der Waals surface area contributed by atoms with Gasteiger partial charge < -0.3 is 14.5 Å². The molecule has 4 rings (SSSR count).